The Morgan fingerprint density at radius 2 is 1.69 bits per heavy atom. The fraction of sp³-hybridized carbons (Fsp3) is 0.289. The fourth-order valence-electron chi connectivity index (χ4n) is 6.10. The van der Waals surface area contributed by atoms with Gasteiger partial charge in [0.05, 0.1) is 16.8 Å². The first kappa shape index (κ1) is 32.7. The summed E-state index contributed by atoms with van der Waals surface area (Å²) in [4.78, 5) is 48.9. The van der Waals surface area contributed by atoms with E-state index in [1.165, 1.54) is 0 Å². The van der Waals surface area contributed by atoms with Gasteiger partial charge in [-0.3, -0.25) is 19.3 Å². The maximum Gasteiger partial charge on any atom is 0.256 e. The zero-order chi connectivity index (χ0) is 33.6. The third kappa shape index (κ3) is 7.67. The number of anilines is 2. The van der Waals surface area contributed by atoms with E-state index in [0.29, 0.717) is 58.4 Å². The van der Waals surface area contributed by atoms with Crippen LogP contribution < -0.4 is 15.4 Å². The molecule has 0 unspecified atom stereocenters. The maximum atomic E-state index is 13.3. The number of piperazine rings is 1. The standard InChI is InChI=1S/C38H42N6O4/c1-4-42(5-2)14-15-43-16-18-44(19-17-43)38(47)28-21-30(39-25-28)23-34-33-13-12-32(24-35(33)41-37(34)46)48-31-11-7-10-29(22-31)40-36(45)27-9-6-8-26(3)20-27/h6-13,20-25,39H,4-5,14-19H2,1-3H3,(H,40,45)(H,41,46)/b34-23-. The number of hydrogen-bond acceptors (Lipinski definition) is 6. The number of aryl methyl sites for hydroxylation is 1. The summed E-state index contributed by atoms with van der Waals surface area (Å²) >= 11 is 0. The monoisotopic (exact) mass is 646 g/mol. The molecule has 0 bridgehead atoms. The molecule has 48 heavy (non-hydrogen) atoms. The number of rotatable bonds is 11. The van der Waals surface area contributed by atoms with Crippen LogP contribution in [0, 0.1) is 6.92 Å². The molecule has 2 aliphatic heterocycles. The van der Waals surface area contributed by atoms with Gasteiger partial charge < -0.3 is 30.2 Å². The number of fused-ring (bicyclic) bond motifs is 1. The van der Waals surface area contributed by atoms with Crippen LogP contribution in [0.2, 0.25) is 0 Å². The van der Waals surface area contributed by atoms with Crippen LogP contribution in [0.4, 0.5) is 11.4 Å². The largest absolute Gasteiger partial charge is 0.457 e. The molecule has 0 spiro atoms. The highest BCUT2D eigenvalue weighted by Gasteiger charge is 2.26. The van der Waals surface area contributed by atoms with Crippen molar-refractivity contribution in [3.8, 4) is 11.5 Å². The van der Waals surface area contributed by atoms with Crippen LogP contribution in [-0.4, -0.2) is 89.8 Å². The molecule has 1 aromatic heterocycles. The van der Waals surface area contributed by atoms with Crippen molar-refractivity contribution in [2.75, 3.05) is 63.0 Å². The molecule has 6 rings (SSSR count). The maximum absolute atomic E-state index is 13.3. The van der Waals surface area contributed by atoms with Crippen molar-refractivity contribution >= 4 is 40.7 Å². The number of nitrogens with zero attached hydrogens (tertiary/aromatic N) is 3. The third-order valence-corrected chi connectivity index (χ3v) is 8.92. The molecule has 3 aromatic carbocycles. The van der Waals surface area contributed by atoms with Gasteiger partial charge >= 0.3 is 0 Å². The quantitative estimate of drug-likeness (QED) is 0.174. The first-order valence-corrected chi connectivity index (χ1v) is 16.6. The average Bonchev–Trinajstić information content (AvgIpc) is 3.69. The molecule has 10 nitrogen and oxygen atoms in total. The minimum absolute atomic E-state index is 0.00356. The molecule has 0 saturated carbocycles. The van der Waals surface area contributed by atoms with Gasteiger partial charge in [0.25, 0.3) is 17.7 Å². The number of aromatic amines is 1. The minimum Gasteiger partial charge on any atom is -0.457 e. The van der Waals surface area contributed by atoms with Crippen LogP contribution in [0.3, 0.4) is 0 Å². The number of benzene rings is 3. The molecule has 0 aliphatic carbocycles. The summed E-state index contributed by atoms with van der Waals surface area (Å²) < 4.78 is 6.09. The molecule has 1 saturated heterocycles. The predicted octanol–water partition coefficient (Wildman–Crippen LogP) is 5.96. The van der Waals surface area contributed by atoms with E-state index in [-0.39, 0.29) is 17.7 Å². The van der Waals surface area contributed by atoms with Crippen LogP contribution in [0.15, 0.2) is 79.0 Å². The summed E-state index contributed by atoms with van der Waals surface area (Å²) in [6.07, 6.45) is 3.48. The van der Waals surface area contributed by atoms with Crippen LogP contribution in [0.1, 0.15) is 51.4 Å². The summed E-state index contributed by atoms with van der Waals surface area (Å²) in [6.45, 7) is 13.6. The number of likely N-dealkylation sites (N-methyl/N-ethyl adjacent to an activating group) is 1. The van der Waals surface area contributed by atoms with Crippen LogP contribution in [0.25, 0.3) is 11.6 Å². The molecular weight excluding hydrogens is 604 g/mol. The van der Waals surface area contributed by atoms with Crippen molar-refractivity contribution < 1.29 is 19.1 Å². The number of ether oxygens (including phenoxy) is 1. The molecular formula is C38H42N6O4. The molecule has 10 heteroatoms. The molecule has 0 radical (unpaired) electrons. The van der Waals surface area contributed by atoms with Gasteiger partial charge in [-0.1, -0.05) is 37.6 Å². The van der Waals surface area contributed by atoms with E-state index in [2.05, 4.69) is 39.3 Å². The number of hydrogen-bond donors (Lipinski definition) is 3. The van der Waals surface area contributed by atoms with E-state index in [1.807, 2.05) is 36.1 Å². The number of nitrogens with one attached hydrogen (secondary N) is 3. The molecule has 2 aliphatic rings. The lowest BCUT2D eigenvalue weighted by Gasteiger charge is -2.35. The van der Waals surface area contributed by atoms with Crippen molar-refractivity contribution in [2.24, 2.45) is 0 Å². The SMILES string of the molecule is CCN(CC)CCN1CCN(C(=O)c2c[nH]c(/C=C3\C(=O)Nc4cc(Oc5cccc(NC(=O)c6cccc(C)c6)c5)ccc43)c2)CC1. The summed E-state index contributed by atoms with van der Waals surface area (Å²) in [5.41, 5.74) is 5.34. The van der Waals surface area contributed by atoms with Crippen molar-refractivity contribution in [3.63, 3.8) is 0 Å². The van der Waals surface area contributed by atoms with Gasteiger partial charge in [0.2, 0.25) is 0 Å². The summed E-state index contributed by atoms with van der Waals surface area (Å²) in [5.74, 6) is 0.649. The number of carbonyl (C=O) groups is 3. The Hall–Kier alpha value is -5.19. The first-order valence-electron chi connectivity index (χ1n) is 16.6. The fourth-order valence-corrected chi connectivity index (χ4v) is 6.10. The van der Waals surface area contributed by atoms with Gasteiger partial charge in [-0.2, -0.15) is 0 Å². The molecule has 3 N–H and O–H groups in total. The number of amides is 3. The highest BCUT2D eigenvalue weighted by molar-refractivity contribution is 6.35. The highest BCUT2D eigenvalue weighted by atomic mass is 16.5. The Morgan fingerprint density at radius 1 is 0.917 bits per heavy atom. The summed E-state index contributed by atoms with van der Waals surface area (Å²) in [5, 5.41) is 5.84. The molecule has 4 aromatic rings. The lowest BCUT2D eigenvalue weighted by atomic mass is 10.1. The lowest BCUT2D eigenvalue weighted by molar-refractivity contribution is -0.110. The zero-order valence-electron chi connectivity index (χ0n) is 27.7. The Balaban J connectivity index is 1.07. The number of aromatic nitrogens is 1. The Labute approximate surface area is 281 Å². The van der Waals surface area contributed by atoms with Gasteiger partial charge in [0.15, 0.2) is 0 Å². The molecule has 3 heterocycles. The van der Waals surface area contributed by atoms with Gasteiger partial charge in [0, 0.05) is 80.1 Å². The van der Waals surface area contributed by atoms with Gasteiger partial charge in [-0.05, 0) is 68.6 Å². The smallest absolute Gasteiger partial charge is 0.256 e. The molecule has 1 fully saturated rings. The number of carbonyl (C=O) groups excluding carboxylic acids is 3. The van der Waals surface area contributed by atoms with E-state index in [1.54, 1.807) is 60.8 Å². The average molecular weight is 647 g/mol. The molecule has 248 valence electrons. The van der Waals surface area contributed by atoms with Gasteiger partial charge in [-0.25, -0.2) is 0 Å². The van der Waals surface area contributed by atoms with E-state index in [9.17, 15) is 14.4 Å². The normalized spacial score (nSPS) is 15.5. The van der Waals surface area contributed by atoms with Gasteiger partial charge in [-0.15, -0.1) is 0 Å². The molecule has 3 amide bonds. The summed E-state index contributed by atoms with van der Waals surface area (Å²) in [7, 11) is 0. The van der Waals surface area contributed by atoms with Crippen molar-refractivity contribution in [1.29, 1.82) is 0 Å². The Bertz CT molecular complexity index is 1830. The predicted molar refractivity (Wildman–Crippen MR) is 190 cm³/mol. The number of H-pyrrole nitrogens is 1. The molecule has 0 atom stereocenters. The Morgan fingerprint density at radius 3 is 2.46 bits per heavy atom. The third-order valence-electron chi connectivity index (χ3n) is 8.92. The van der Waals surface area contributed by atoms with Crippen LogP contribution in [-0.2, 0) is 4.79 Å². The first-order chi connectivity index (χ1) is 23.3. The Kier molecular flexibility index (Phi) is 10.0. The second-order valence-corrected chi connectivity index (χ2v) is 12.2. The second kappa shape index (κ2) is 14.7. The second-order valence-electron chi connectivity index (χ2n) is 12.2. The zero-order valence-corrected chi connectivity index (χ0v) is 27.7. The highest BCUT2D eigenvalue weighted by Crippen LogP contribution is 2.37. The van der Waals surface area contributed by atoms with Gasteiger partial charge in [0.1, 0.15) is 11.5 Å². The van der Waals surface area contributed by atoms with Crippen LogP contribution >= 0.6 is 0 Å². The van der Waals surface area contributed by atoms with E-state index in [4.69, 9.17) is 4.74 Å². The van der Waals surface area contributed by atoms with E-state index < -0.39 is 0 Å². The topological polar surface area (TPSA) is 110 Å². The van der Waals surface area contributed by atoms with Crippen molar-refractivity contribution in [2.45, 2.75) is 20.8 Å². The van der Waals surface area contributed by atoms with Crippen molar-refractivity contribution in [1.82, 2.24) is 19.7 Å². The van der Waals surface area contributed by atoms with E-state index >= 15 is 0 Å². The lowest BCUT2D eigenvalue weighted by Crippen LogP contribution is -2.50. The van der Waals surface area contributed by atoms with E-state index in [0.717, 1.165) is 50.4 Å². The van der Waals surface area contributed by atoms with Crippen LogP contribution in [0.5, 0.6) is 11.5 Å². The minimum atomic E-state index is -0.230. The van der Waals surface area contributed by atoms with Crippen molar-refractivity contribution in [3.05, 3.63) is 107 Å². The summed E-state index contributed by atoms with van der Waals surface area (Å²) in [6, 6.07) is 21.8.